The van der Waals surface area contributed by atoms with E-state index < -0.39 is 59.0 Å². The molecule has 0 spiro atoms. The molecule has 13 heteroatoms. The lowest BCUT2D eigenvalue weighted by Crippen LogP contribution is -2.59. The quantitative estimate of drug-likeness (QED) is 0.284. The first kappa shape index (κ1) is 34.9. The number of aliphatic hydroxyl groups is 1. The summed E-state index contributed by atoms with van der Waals surface area (Å²) in [4.78, 5) is 60.9. The molecule has 4 N–H and O–H groups in total. The van der Waals surface area contributed by atoms with Gasteiger partial charge in [-0.2, -0.15) is 0 Å². The van der Waals surface area contributed by atoms with Crippen molar-refractivity contribution >= 4 is 35.0 Å². The lowest BCUT2D eigenvalue weighted by Gasteiger charge is -2.36. The number of nitrogens with zero attached hydrogens (tertiary/aromatic N) is 3. The van der Waals surface area contributed by atoms with Crippen LogP contribution in [0.1, 0.15) is 76.6 Å². The fraction of sp³-hybridized carbons (Fsp3) is 0.618. The molecule has 1 aliphatic carbocycles. The lowest BCUT2D eigenvalue weighted by molar-refractivity contribution is -0.145. The van der Waals surface area contributed by atoms with Gasteiger partial charge in [-0.05, 0) is 68.7 Å². The van der Waals surface area contributed by atoms with Crippen LogP contribution in [0.2, 0.25) is 0 Å². The number of benzene rings is 1. The maximum Gasteiger partial charge on any atom is 0.306 e. The minimum atomic E-state index is -1.96. The van der Waals surface area contributed by atoms with Gasteiger partial charge in [0.05, 0.1) is 34.1 Å². The number of thiazole rings is 1. The molecule has 2 aliphatic heterocycles. The van der Waals surface area contributed by atoms with Gasteiger partial charge in [-0.15, -0.1) is 11.3 Å². The summed E-state index contributed by atoms with van der Waals surface area (Å²) in [7, 11) is 0. The molecule has 3 fully saturated rings. The predicted molar refractivity (Wildman–Crippen MR) is 175 cm³/mol. The number of aliphatic hydroxyl groups excluding tert-OH is 1. The van der Waals surface area contributed by atoms with Crippen molar-refractivity contribution in [1.82, 2.24) is 25.4 Å². The number of β-amino-alcohol motifs (C(OH)–C–C–N with tert-alkyl or cyclic N) is 1. The molecule has 5 rings (SSSR count). The number of carbonyl (C=O) groups is 4. The van der Waals surface area contributed by atoms with Gasteiger partial charge in [0.15, 0.2) is 5.67 Å². The summed E-state index contributed by atoms with van der Waals surface area (Å²) < 4.78 is 14.6. The van der Waals surface area contributed by atoms with Crippen molar-refractivity contribution in [3.8, 4) is 10.4 Å². The van der Waals surface area contributed by atoms with Crippen molar-refractivity contribution in [2.75, 3.05) is 26.2 Å². The first-order chi connectivity index (χ1) is 22.2. The number of rotatable bonds is 11. The fourth-order valence-corrected chi connectivity index (χ4v) is 7.28. The zero-order valence-electron chi connectivity index (χ0n) is 27.5. The number of hydrogen-bond donors (Lipinski definition) is 4. The molecule has 4 atom stereocenters. The lowest BCUT2D eigenvalue weighted by atomic mass is 9.85. The summed E-state index contributed by atoms with van der Waals surface area (Å²) in [6.07, 6.45) is 1.02. The number of aromatic nitrogens is 1. The monoisotopic (exact) mass is 671 g/mol. The third-order valence-electron chi connectivity index (χ3n) is 9.66. The van der Waals surface area contributed by atoms with Gasteiger partial charge in [-0.3, -0.25) is 19.2 Å². The number of aryl methyl sites for hydroxylation is 1. The maximum absolute atomic E-state index is 14.6. The third kappa shape index (κ3) is 8.18. The number of piperidine rings is 1. The zero-order chi connectivity index (χ0) is 34.1. The largest absolute Gasteiger partial charge is 0.481 e. The second kappa shape index (κ2) is 14.0. The van der Waals surface area contributed by atoms with Crippen molar-refractivity contribution in [2.24, 2.45) is 11.3 Å². The van der Waals surface area contributed by atoms with Crippen molar-refractivity contribution in [1.29, 1.82) is 0 Å². The maximum atomic E-state index is 14.6. The summed E-state index contributed by atoms with van der Waals surface area (Å²) in [6.45, 7) is 9.11. The highest BCUT2D eigenvalue weighted by molar-refractivity contribution is 7.13. The van der Waals surface area contributed by atoms with E-state index in [1.54, 1.807) is 37.6 Å². The molecular formula is C34H46FN5O6S. The number of aliphatic carboxylic acids is 1. The van der Waals surface area contributed by atoms with Crippen LogP contribution >= 0.6 is 11.3 Å². The SMILES string of the molecule is Cc1ncsc1-c1ccc([C@H](CCN2CCC(C(=O)O)CC2)NC(=O)[C@@H]2C[C@@H](O)CN2C(=O)[C@@H](NC(=O)C2(F)CC2)C(C)(C)C)cc1. The number of amides is 3. The molecule has 11 nitrogen and oxygen atoms in total. The van der Waals surface area contributed by atoms with Crippen molar-refractivity contribution in [2.45, 2.75) is 96.1 Å². The van der Waals surface area contributed by atoms with Gasteiger partial charge in [0.25, 0.3) is 5.91 Å². The van der Waals surface area contributed by atoms with Gasteiger partial charge in [0.1, 0.15) is 12.1 Å². The van der Waals surface area contributed by atoms with Gasteiger partial charge < -0.3 is 30.6 Å². The van der Waals surface area contributed by atoms with E-state index in [2.05, 4.69) is 20.5 Å². The molecule has 3 heterocycles. The Hall–Kier alpha value is -3.42. The number of carbonyl (C=O) groups excluding carboxylic acids is 3. The standard InChI is InChI=1S/C34H46FN5O6S/c1-20-27(47-19-36-20)22-7-5-21(6-8-22)25(11-16-39-14-9-23(10-15-39)31(44)45)37-29(42)26-17-24(41)18-40(26)30(43)28(33(2,3)4)38-32(46)34(35)12-13-34/h5-8,19,23-26,28,41H,9-18H2,1-4H3,(H,37,42)(H,38,46)(H,44,45)/t24-,25+,26+,28-/m1/s1. The summed E-state index contributed by atoms with van der Waals surface area (Å²) in [5.74, 6) is -2.89. The van der Waals surface area contributed by atoms with E-state index in [1.807, 2.05) is 31.2 Å². The Bertz CT molecular complexity index is 1460. The summed E-state index contributed by atoms with van der Waals surface area (Å²) in [5, 5.41) is 25.8. The molecule has 0 radical (unpaired) electrons. The smallest absolute Gasteiger partial charge is 0.306 e. The molecule has 3 aliphatic rings. The van der Waals surface area contributed by atoms with E-state index in [-0.39, 0.29) is 31.7 Å². The van der Waals surface area contributed by atoms with E-state index in [4.69, 9.17) is 0 Å². The van der Waals surface area contributed by atoms with Crippen LogP contribution in [-0.4, -0.2) is 98.7 Å². The Balaban J connectivity index is 1.33. The Morgan fingerprint density at radius 1 is 1.11 bits per heavy atom. The first-order valence-electron chi connectivity index (χ1n) is 16.4. The van der Waals surface area contributed by atoms with Gasteiger partial charge in [-0.1, -0.05) is 45.0 Å². The molecule has 1 aromatic carbocycles. The topological polar surface area (TPSA) is 152 Å². The van der Waals surface area contributed by atoms with E-state index >= 15 is 0 Å². The molecule has 256 valence electrons. The average molecular weight is 672 g/mol. The highest BCUT2D eigenvalue weighted by Crippen LogP contribution is 2.40. The molecule has 0 bridgehead atoms. The predicted octanol–water partition coefficient (Wildman–Crippen LogP) is 3.46. The number of carboxylic acid groups (broad SMARTS) is 1. The van der Waals surface area contributed by atoms with Gasteiger partial charge in [-0.25, -0.2) is 9.37 Å². The second-order valence-corrected chi connectivity index (χ2v) is 15.2. The normalized spacial score (nSPS) is 22.8. The first-order valence-corrected chi connectivity index (χ1v) is 17.3. The third-order valence-corrected chi connectivity index (χ3v) is 10.6. The van der Waals surface area contributed by atoms with E-state index in [9.17, 15) is 33.8 Å². The Labute approximate surface area is 278 Å². The summed E-state index contributed by atoms with van der Waals surface area (Å²) in [6, 6.07) is 5.44. The van der Waals surface area contributed by atoms with Crippen LogP contribution in [0.5, 0.6) is 0 Å². The molecule has 0 unspecified atom stereocenters. The number of halogens is 1. The minimum Gasteiger partial charge on any atom is -0.481 e. The average Bonchev–Trinajstić information content (AvgIpc) is 3.44. The van der Waals surface area contributed by atoms with Gasteiger partial charge in [0.2, 0.25) is 11.8 Å². The number of alkyl halides is 1. The van der Waals surface area contributed by atoms with Crippen molar-refractivity contribution < 1.29 is 33.8 Å². The van der Waals surface area contributed by atoms with E-state index in [0.717, 1.165) is 21.7 Å². The second-order valence-electron chi connectivity index (χ2n) is 14.3. The number of hydrogen-bond acceptors (Lipinski definition) is 8. The molecule has 2 saturated heterocycles. The highest BCUT2D eigenvalue weighted by Gasteiger charge is 2.53. The van der Waals surface area contributed by atoms with Crippen LogP contribution in [0.3, 0.4) is 0 Å². The van der Waals surface area contributed by atoms with Crippen molar-refractivity contribution in [3.05, 3.63) is 41.0 Å². The number of likely N-dealkylation sites (tertiary alicyclic amines) is 2. The molecular weight excluding hydrogens is 625 g/mol. The minimum absolute atomic E-state index is 0.0362. The van der Waals surface area contributed by atoms with Crippen LogP contribution in [-0.2, 0) is 19.2 Å². The number of nitrogens with one attached hydrogen (secondary N) is 2. The fourth-order valence-electron chi connectivity index (χ4n) is 6.47. The Morgan fingerprint density at radius 3 is 2.32 bits per heavy atom. The Morgan fingerprint density at radius 2 is 1.77 bits per heavy atom. The van der Waals surface area contributed by atoms with Crippen LogP contribution in [0, 0.1) is 18.3 Å². The summed E-state index contributed by atoms with van der Waals surface area (Å²) in [5.41, 5.74) is 1.89. The van der Waals surface area contributed by atoms with Crippen molar-refractivity contribution in [3.63, 3.8) is 0 Å². The molecule has 47 heavy (non-hydrogen) atoms. The highest BCUT2D eigenvalue weighted by atomic mass is 32.1. The van der Waals surface area contributed by atoms with E-state index in [1.165, 1.54) is 4.90 Å². The molecule has 1 saturated carbocycles. The van der Waals surface area contributed by atoms with Gasteiger partial charge in [0, 0.05) is 19.5 Å². The zero-order valence-corrected chi connectivity index (χ0v) is 28.3. The Kier molecular flexibility index (Phi) is 10.4. The molecule has 1 aromatic heterocycles. The van der Waals surface area contributed by atoms with Crippen LogP contribution < -0.4 is 10.6 Å². The van der Waals surface area contributed by atoms with Crippen LogP contribution in [0.25, 0.3) is 10.4 Å². The van der Waals surface area contributed by atoms with Crippen LogP contribution in [0.4, 0.5) is 4.39 Å². The molecule has 3 amide bonds. The summed E-state index contributed by atoms with van der Waals surface area (Å²) >= 11 is 1.55. The number of carboxylic acids is 1. The van der Waals surface area contributed by atoms with E-state index in [0.29, 0.717) is 38.9 Å². The van der Waals surface area contributed by atoms with Gasteiger partial charge >= 0.3 is 5.97 Å². The molecule has 2 aromatic rings. The van der Waals surface area contributed by atoms with Crippen LogP contribution in [0.15, 0.2) is 29.8 Å².